The Hall–Kier alpha value is -3.55. The highest BCUT2D eigenvalue weighted by atomic mass is 28.3. The molecule has 5 aromatic rings. The van der Waals surface area contributed by atoms with Crippen molar-refractivity contribution < 1.29 is 8.95 Å². The SMILES string of the molecule is CN(C)Cc1c(-c2ccccc2)ccc2c(CCC3CCN(CC4(C(O[SiH](c5ccccc5)c5ccccc5)C(C)(C)C)CC4)CC3)noc12. The first kappa shape index (κ1) is 34.9. The number of aryl methyl sites for hydroxylation is 1. The fourth-order valence-corrected chi connectivity index (χ4v) is 11.4. The molecule has 7 rings (SSSR count). The molecule has 0 spiro atoms. The van der Waals surface area contributed by atoms with Crippen LogP contribution in [0.4, 0.5) is 0 Å². The topological polar surface area (TPSA) is 41.7 Å². The van der Waals surface area contributed by atoms with Gasteiger partial charge in [0.25, 0.3) is 0 Å². The minimum absolute atomic E-state index is 0.0677. The third-order valence-electron chi connectivity index (χ3n) is 11.1. The maximum absolute atomic E-state index is 7.45. The fourth-order valence-electron chi connectivity index (χ4n) is 8.54. The summed E-state index contributed by atoms with van der Waals surface area (Å²) in [5.74, 6) is 0.723. The van der Waals surface area contributed by atoms with Gasteiger partial charge in [-0.05, 0) is 105 Å². The lowest BCUT2D eigenvalue weighted by molar-refractivity contribution is 0.000123. The van der Waals surface area contributed by atoms with E-state index in [1.54, 1.807) is 0 Å². The Morgan fingerprint density at radius 2 is 1.46 bits per heavy atom. The molecule has 2 heterocycles. The van der Waals surface area contributed by atoms with Crippen LogP contribution in [0, 0.1) is 16.7 Å². The van der Waals surface area contributed by atoms with Gasteiger partial charge in [-0.3, -0.25) is 0 Å². The molecular formula is C44H55N3O2Si. The highest BCUT2D eigenvalue weighted by molar-refractivity contribution is 6.80. The molecule has 1 unspecified atom stereocenters. The van der Waals surface area contributed by atoms with Gasteiger partial charge in [0, 0.05) is 29.5 Å². The molecule has 2 aliphatic rings. The Balaban J connectivity index is 0.997. The Morgan fingerprint density at radius 1 is 0.860 bits per heavy atom. The lowest BCUT2D eigenvalue weighted by atomic mass is 9.78. The van der Waals surface area contributed by atoms with E-state index in [1.165, 1.54) is 77.6 Å². The van der Waals surface area contributed by atoms with Gasteiger partial charge in [0.15, 0.2) is 5.58 Å². The summed E-state index contributed by atoms with van der Waals surface area (Å²) in [7, 11) is 2.38. The summed E-state index contributed by atoms with van der Waals surface area (Å²) in [6, 6.07) is 37.1. The fraction of sp³-hybridized carbons (Fsp3) is 0.432. The molecule has 1 aliphatic carbocycles. The zero-order chi connectivity index (χ0) is 34.7. The standard InChI is InChI=1S/C44H55N3O2Si/c1-43(2,3)42(49-50(35-17-11-7-12-18-35)36-19-13-8-14-20-36)44(27-28-44)32-47-29-25-33(26-30-47)21-24-40-38-23-22-37(34-15-9-6-10-16-34)39(31-46(4)5)41(38)48-45-40/h6-20,22-23,33,42,50H,21,24-32H2,1-5H3. The minimum atomic E-state index is -1.85. The van der Waals surface area contributed by atoms with Gasteiger partial charge in [-0.2, -0.15) is 0 Å². The molecule has 5 nitrogen and oxygen atoms in total. The average Bonchev–Trinajstić information content (AvgIpc) is 3.77. The molecule has 1 saturated carbocycles. The van der Waals surface area contributed by atoms with Crippen molar-refractivity contribution in [1.82, 2.24) is 15.0 Å². The van der Waals surface area contributed by atoms with Crippen LogP contribution >= 0.6 is 0 Å². The van der Waals surface area contributed by atoms with E-state index in [-0.39, 0.29) is 16.9 Å². The van der Waals surface area contributed by atoms with Gasteiger partial charge >= 0.3 is 0 Å². The van der Waals surface area contributed by atoms with Crippen molar-refractivity contribution in [3.8, 4) is 11.1 Å². The molecule has 2 fully saturated rings. The summed E-state index contributed by atoms with van der Waals surface area (Å²) in [5.41, 5.74) is 6.03. The van der Waals surface area contributed by atoms with Crippen LogP contribution in [0.5, 0.6) is 0 Å². The summed E-state index contributed by atoms with van der Waals surface area (Å²) in [5, 5.41) is 8.57. The Morgan fingerprint density at radius 3 is 2.02 bits per heavy atom. The molecule has 0 N–H and O–H groups in total. The smallest absolute Gasteiger partial charge is 0.240 e. The Bertz CT molecular complexity index is 1780. The molecular weight excluding hydrogens is 631 g/mol. The van der Waals surface area contributed by atoms with Crippen molar-refractivity contribution in [2.45, 2.75) is 71.9 Å². The predicted molar refractivity (Wildman–Crippen MR) is 210 cm³/mol. The quantitative estimate of drug-likeness (QED) is 0.118. The number of benzene rings is 4. The molecule has 1 atom stereocenters. The summed E-state index contributed by atoms with van der Waals surface area (Å²) in [6.45, 7) is 11.5. The molecule has 50 heavy (non-hydrogen) atoms. The monoisotopic (exact) mass is 685 g/mol. The first-order valence-electron chi connectivity index (χ1n) is 18.8. The highest BCUT2D eigenvalue weighted by Gasteiger charge is 2.55. The van der Waals surface area contributed by atoms with Crippen LogP contribution in [-0.4, -0.2) is 63.8 Å². The molecule has 1 saturated heterocycles. The van der Waals surface area contributed by atoms with Crippen LogP contribution < -0.4 is 10.4 Å². The second kappa shape index (κ2) is 15.0. The Labute approximate surface area is 301 Å². The van der Waals surface area contributed by atoms with Crippen LogP contribution in [0.1, 0.15) is 64.1 Å². The van der Waals surface area contributed by atoms with Crippen molar-refractivity contribution in [2.75, 3.05) is 33.7 Å². The molecule has 1 aromatic heterocycles. The van der Waals surface area contributed by atoms with E-state index in [2.05, 4.69) is 153 Å². The van der Waals surface area contributed by atoms with E-state index in [9.17, 15) is 0 Å². The van der Waals surface area contributed by atoms with E-state index in [1.807, 2.05) is 0 Å². The summed E-state index contributed by atoms with van der Waals surface area (Å²) >= 11 is 0. The molecule has 0 amide bonds. The molecule has 262 valence electrons. The summed E-state index contributed by atoms with van der Waals surface area (Å²) in [4.78, 5) is 4.98. The maximum Gasteiger partial charge on any atom is 0.240 e. The van der Waals surface area contributed by atoms with Crippen LogP contribution in [0.15, 0.2) is 108 Å². The normalized spacial score (nSPS) is 17.5. The van der Waals surface area contributed by atoms with Crippen LogP contribution in [0.25, 0.3) is 22.1 Å². The van der Waals surface area contributed by atoms with Crippen molar-refractivity contribution in [2.24, 2.45) is 16.7 Å². The van der Waals surface area contributed by atoms with Gasteiger partial charge in [0.1, 0.15) is 0 Å². The number of aromatic nitrogens is 1. The third kappa shape index (κ3) is 7.84. The van der Waals surface area contributed by atoms with Gasteiger partial charge in [-0.15, -0.1) is 0 Å². The molecule has 0 bridgehead atoms. The lowest BCUT2D eigenvalue weighted by Crippen LogP contribution is -2.54. The van der Waals surface area contributed by atoms with Gasteiger partial charge in [-0.1, -0.05) is 123 Å². The van der Waals surface area contributed by atoms with E-state index in [0.717, 1.165) is 36.7 Å². The van der Waals surface area contributed by atoms with Crippen LogP contribution in [-0.2, 0) is 17.4 Å². The van der Waals surface area contributed by atoms with Crippen molar-refractivity contribution in [3.05, 3.63) is 114 Å². The number of rotatable bonds is 13. The third-order valence-corrected chi connectivity index (χ3v) is 13.6. The molecule has 6 heteroatoms. The predicted octanol–water partition coefficient (Wildman–Crippen LogP) is 7.95. The second-order valence-electron chi connectivity index (χ2n) is 16.4. The number of hydrogen-bond donors (Lipinski definition) is 0. The molecule has 4 aromatic carbocycles. The first-order chi connectivity index (χ1) is 24.2. The number of nitrogens with zero attached hydrogens (tertiary/aromatic N) is 3. The second-order valence-corrected chi connectivity index (χ2v) is 18.8. The van der Waals surface area contributed by atoms with Crippen molar-refractivity contribution in [3.63, 3.8) is 0 Å². The zero-order valence-corrected chi connectivity index (χ0v) is 31.9. The lowest BCUT2D eigenvalue weighted by Gasteiger charge is -2.43. The number of hydrogen-bond acceptors (Lipinski definition) is 5. The first-order valence-corrected chi connectivity index (χ1v) is 20.4. The van der Waals surface area contributed by atoms with Gasteiger partial charge in [-0.25, -0.2) is 0 Å². The summed E-state index contributed by atoms with van der Waals surface area (Å²) < 4.78 is 13.5. The highest BCUT2D eigenvalue weighted by Crippen LogP contribution is 2.55. The van der Waals surface area contributed by atoms with Gasteiger partial charge < -0.3 is 18.7 Å². The van der Waals surface area contributed by atoms with Crippen LogP contribution in [0.3, 0.4) is 0 Å². The molecule has 0 radical (unpaired) electrons. The van der Waals surface area contributed by atoms with E-state index in [4.69, 9.17) is 8.95 Å². The zero-order valence-electron chi connectivity index (χ0n) is 30.8. The van der Waals surface area contributed by atoms with Crippen molar-refractivity contribution in [1.29, 1.82) is 0 Å². The van der Waals surface area contributed by atoms with Gasteiger partial charge in [0.2, 0.25) is 9.04 Å². The average molecular weight is 686 g/mol. The maximum atomic E-state index is 7.45. The number of piperidine rings is 1. The number of fused-ring (bicyclic) bond motifs is 1. The largest absolute Gasteiger partial charge is 0.407 e. The van der Waals surface area contributed by atoms with E-state index < -0.39 is 9.04 Å². The van der Waals surface area contributed by atoms with Crippen molar-refractivity contribution >= 4 is 30.4 Å². The van der Waals surface area contributed by atoms with E-state index in [0.29, 0.717) is 0 Å². The Kier molecular flexibility index (Phi) is 10.4. The van der Waals surface area contributed by atoms with E-state index >= 15 is 0 Å². The van der Waals surface area contributed by atoms with Crippen LogP contribution in [0.2, 0.25) is 0 Å². The number of likely N-dealkylation sites (tertiary alicyclic amines) is 1. The van der Waals surface area contributed by atoms with Gasteiger partial charge in [0.05, 0.1) is 11.8 Å². The summed E-state index contributed by atoms with van der Waals surface area (Å²) in [6.07, 6.45) is 7.40. The molecule has 1 aliphatic heterocycles. The minimum Gasteiger partial charge on any atom is -0.407 e.